The third kappa shape index (κ3) is 7.20. The number of anilines is 2. The van der Waals surface area contributed by atoms with Crippen molar-refractivity contribution in [3.63, 3.8) is 0 Å². The number of nitrogens with one attached hydrogen (secondary N) is 2. The van der Waals surface area contributed by atoms with E-state index in [4.69, 9.17) is 0 Å². The van der Waals surface area contributed by atoms with E-state index in [0.29, 0.717) is 24.2 Å². The molecule has 2 heterocycles. The molecule has 1 saturated heterocycles. The van der Waals surface area contributed by atoms with Crippen LogP contribution in [0.4, 0.5) is 20.5 Å². The zero-order chi connectivity index (χ0) is 24.7. The monoisotopic (exact) mass is 473 g/mol. The number of hydrogen-bond donors (Lipinski definition) is 2. The summed E-state index contributed by atoms with van der Waals surface area (Å²) in [6.07, 6.45) is 3.07. The summed E-state index contributed by atoms with van der Waals surface area (Å²) in [6, 6.07) is 4.89. The molecule has 0 unspecified atom stereocenters. The first kappa shape index (κ1) is 25.5. The minimum absolute atomic E-state index is 0.0420. The van der Waals surface area contributed by atoms with Gasteiger partial charge in [-0.15, -0.1) is 0 Å². The predicted octanol–water partition coefficient (Wildman–Crippen LogP) is 4.34. The van der Waals surface area contributed by atoms with Crippen LogP contribution in [0.15, 0.2) is 24.3 Å². The van der Waals surface area contributed by atoms with Gasteiger partial charge in [-0.1, -0.05) is 26.8 Å². The molecule has 0 saturated carbocycles. The minimum atomic E-state index is -0.725. The van der Waals surface area contributed by atoms with Gasteiger partial charge in [-0.3, -0.25) is 9.59 Å². The number of hydrogen-bond acceptors (Lipinski definition) is 6. The summed E-state index contributed by atoms with van der Waals surface area (Å²) in [4.78, 5) is 36.7. The predicted molar refractivity (Wildman–Crippen MR) is 128 cm³/mol. The van der Waals surface area contributed by atoms with E-state index in [0.717, 1.165) is 44.5 Å². The molecule has 1 aromatic carbocycles. The minimum Gasteiger partial charge on any atom is -0.356 e. The molecule has 1 amide bonds. The number of ketones is 1. The summed E-state index contributed by atoms with van der Waals surface area (Å²) in [5.41, 5.74) is 0.449. The van der Waals surface area contributed by atoms with E-state index >= 15 is 0 Å². The largest absolute Gasteiger partial charge is 0.356 e. The third-order valence-electron chi connectivity index (χ3n) is 5.84. The number of benzene rings is 1. The number of Topliss-reactive ketones (excluding diaryl/α,β-unsaturated/α-hetero) is 1. The average molecular weight is 474 g/mol. The van der Waals surface area contributed by atoms with E-state index in [1.165, 1.54) is 6.07 Å². The van der Waals surface area contributed by atoms with E-state index in [2.05, 4.69) is 39.3 Å². The summed E-state index contributed by atoms with van der Waals surface area (Å²) in [6.45, 7) is 8.29. The maximum absolute atomic E-state index is 13.8. The fraction of sp³-hybridized carbons (Fsp3) is 0.520. The first-order valence-electron chi connectivity index (χ1n) is 11.9. The molecule has 0 bridgehead atoms. The highest BCUT2D eigenvalue weighted by Crippen LogP contribution is 2.22. The quantitative estimate of drug-likeness (QED) is 0.472. The molecule has 1 aliphatic rings. The molecule has 2 aromatic rings. The SMILES string of the molecule is CC(C)CCNc1nc(C(=O)C[C@@H](C)C(=O)NCc2ccc(F)cc2F)cc(N2CCCC2)n1. The molecule has 1 fully saturated rings. The molecule has 0 spiro atoms. The van der Waals surface area contributed by atoms with Crippen molar-refractivity contribution in [2.24, 2.45) is 11.8 Å². The van der Waals surface area contributed by atoms with Crippen molar-refractivity contribution in [3.8, 4) is 0 Å². The highest BCUT2D eigenvalue weighted by atomic mass is 19.1. The van der Waals surface area contributed by atoms with Gasteiger partial charge in [-0.25, -0.2) is 13.8 Å². The lowest BCUT2D eigenvalue weighted by atomic mass is 10.0. The fourth-order valence-electron chi connectivity index (χ4n) is 3.73. The molecule has 0 radical (unpaired) electrons. The standard InChI is InChI=1S/C25H33F2N5O2/c1-16(2)8-9-28-25-30-21(14-23(31-25)32-10-4-5-11-32)22(33)12-17(3)24(34)29-15-18-6-7-19(26)13-20(18)27/h6-7,13-14,16-17H,4-5,8-12,15H2,1-3H3,(H,29,34)(H,28,30,31)/t17-/m1/s1. The number of carbonyl (C=O) groups is 2. The van der Waals surface area contributed by atoms with Gasteiger partial charge in [0.15, 0.2) is 5.78 Å². The Morgan fingerprint density at radius 3 is 2.50 bits per heavy atom. The average Bonchev–Trinajstić information content (AvgIpc) is 3.33. The van der Waals surface area contributed by atoms with E-state index in [1.54, 1.807) is 13.0 Å². The van der Waals surface area contributed by atoms with Crippen molar-refractivity contribution in [2.75, 3.05) is 29.9 Å². The molecular weight excluding hydrogens is 440 g/mol. The molecular formula is C25H33F2N5O2. The van der Waals surface area contributed by atoms with Crippen LogP contribution in [-0.2, 0) is 11.3 Å². The number of nitrogens with zero attached hydrogens (tertiary/aromatic N) is 3. The second-order valence-electron chi connectivity index (χ2n) is 9.22. The van der Waals surface area contributed by atoms with E-state index < -0.39 is 17.6 Å². The smallest absolute Gasteiger partial charge is 0.225 e. The van der Waals surface area contributed by atoms with Gasteiger partial charge >= 0.3 is 0 Å². The Kier molecular flexibility index (Phi) is 8.90. The van der Waals surface area contributed by atoms with Gasteiger partial charge in [0, 0.05) is 56.2 Å². The molecule has 3 rings (SSSR count). The molecule has 7 nitrogen and oxygen atoms in total. The van der Waals surface area contributed by atoms with Gasteiger partial charge in [0.1, 0.15) is 23.1 Å². The zero-order valence-electron chi connectivity index (χ0n) is 20.0. The second kappa shape index (κ2) is 11.9. The molecule has 1 atom stereocenters. The van der Waals surface area contributed by atoms with Gasteiger partial charge in [0.2, 0.25) is 11.9 Å². The van der Waals surface area contributed by atoms with Crippen LogP contribution in [0.2, 0.25) is 0 Å². The van der Waals surface area contributed by atoms with Gasteiger partial charge in [0.25, 0.3) is 0 Å². The lowest BCUT2D eigenvalue weighted by molar-refractivity contribution is -0.124. The molecule has 184 valence electrons. The maximum atomic E-state index is 13.8. The van der Waals surface area contributed by atoms with Crippen molar-refractivity contribution >= 4 is 23.5 Å². The molecule has 9 heteroatoms. The Morgan fingerprint density at radius 1 is 1.09 bits per heavy atom. The van der Waals surface area contributed by atoms with Crippen LogP contribution < -0.4 is 15.5 Å². The molecule has 1 aromatic heterocycles. The molecule has 2 N–H and O–H groups in total. The van der Waals surface area contributed by atoms with Gasteiger partial charge in [-0.2, -0.15) is 4.98 Å². The van der Waals surface area contributed by atoms with Crippen LogP contribution in [-0.4, -0.2) is 41.3 Å². The fourth-order valence-corrected chi connectivity index (χ4v) is 3.73. The second-order valence-corrected chi connectivity index (χ2v) is 9.22. The highest BCUT2D eigenvalue weighted by molar-refractivity contribution is 5.97. The molecule has 0 aliphatic carbocycles. The number of amides is 1. The topological polar surface area (TPSA) is 87.2 Å². The van der Waals surface area contributed by atoms with Crippen molar-refractivity contribution in [2.45, 2.75) is 53.0 Å². The summed E-state index contributed by atoms with van der Waals surface area (Å²) >= 11 is 0. The van der Waals surface area contributed by atoms with Crippen LogP contribution in [0.25, 0.3) is 0 Å². The zero-order valence-corrected chi connectivity index (χ0v) is 20.0. The number of halogens is 2. The van der Waals surface area contributed by atoms with E-state index in [1.807, 2.05) is 0 Å². The highest BCUT2D eigenvalue weighted by Gasteiger charge is 2.22. The maximum Gasteiger partial charge on any atom is 0.225 e. The lowest BCUT2D eigenvalue weighted by Crippen LogP contribution is -2.30. The van der Waals surface area contributed by atoms with Crippen LogP contribution >= 0.6 is 0 Å². The van der Waals surface area contributed by atoms with Crippen LogP contribution in [0, 0.1) is 23.5 Å². The Hall–Kier alpha value is -3.10. The number of carbonyl (C=O) groups excluding carboxylic acids is 2. The number of rotatable bonds is 11. The summed E-state index contributed by atoms with van der Waals surface area (Å²) in [7, 11) is 0. The first-order valence-corrected chi connectivity index (χ1v) is 11.9. The Bertz CT molecular complexity index is 1010. The normalized spacial score (nSPS) is 14.4. The Labute approximate surface area is 199 Å². The summed E-state index contributed by atoms with van der Waals surface area (Å²) in [5, 5.41) is 5.83. The lowest BCUT2D eigenvalue weighted by Gasteiger charge is -2.19. The summed E-state index contributed by atoms with van der Waals surface area (Å²) in [5.74, 6) is -1.04. The Morgan fingerprint density at radius 2 is 1.82 bits per heavy atom. The first-order chi connectivity index (χ1) is 16.2. The van der Waals surface area contributed by atoms with Gasteiger partial charge in [-0.05, 0) is 31.2 Å². The van der Waals surface area contributed by atoms with Gasteiger partial charge in [0.05, 0.1) is 0 Å². The Balaban J connectivity index is 1.65. The number of aromatic nitrogens is 2. The van der Waals surface area contributed by atoms with Crippen molar-refractivity contribution in [1.29, 1.82) is 0 Å². The molecule has 1 aliphatic heterocycles. The van der Waals surface area contributed by atoms with Gasteiger partial charge < -0.3 is 15.5 Å². The van der Waals surface area contributed by atoms with E-state index in [9.17, 15) is 18.4 Å². The van der Waals surface area contributed by atoms with E-state index in [-0.39, 0.29) is 35.9 Å². The van der Waals surface area contributed by atoms with Crippen molar-refractivity contribution in [3.05, 3.63) is 47.2 Å². The third-order valence-corrected chi connectivity index (χ3v) is 5.84. The van der Waals surface area contributed by atoms with Crippen molar-refractivity contribution in [1.82, 2.24) is 15.3 Å². The van der Waals surface area contributed by atoms with Crippen LogP contribution in [0.1, 0.15) is 62.5 Å². The van der Waals surface area contributed by atoms with Crippen LogP contribution in [0.3, 0.4) is 0 Å². The molecule has 34 heavy (non-hydrogen) atoms. The summed E-state index contributed by atoms with van der Waals surface area (Å²) < 4.78 is 26.9. The van der Waals surface area contributed by atoms with Crippen molar-refractivity contribution < 1.29 is 18.4 Å². The van der Waals surface area contributed by atoms with Crippen LogP contribution in [0.5, 0.6) is 0 Å².